The largest absolute Gasteiger partial charge is 0.507 e. The van der Waals surface area contributed by atoms with Gasteiger partial charge >= 0.3 is 5.97 Å². The van der Waals surface area contributed by atoms with Gasteiger partial charge in [0, 0.05) is 28.3 Å². The summed E-state index contributed by atoms with van der Waals surface area (Å²) in [6.45, 7) is 3.73. The molecule has 0 spiro atoms. The van der Waals surface area contributed by atoms with Crippen LogP contribution in [0.1, 0.15) is 84.9 Å². The molecular formula is C41H46N2O18. The van der Waals surface area contributed by atoms with Crippen molar-refractivity contribution in [3.63, 3.8) is 0 Å². The third-order valence-corrected chi connectivity index (χ3v) is 11.6. The summed E-state index contributed by atoms with van der Waals surface area (Å²) in [4.78, 5) is 54.1. The average Bonchev–Trinajstić information content (AvgIpc) is 3.49. The second-order valence-corrected chi connectivity index (χ2v) is 15.3. The van der Waals surface area contributed by atoms with E-state index in [-0.39, 0.29) is 44.7 Å². The Morgan fingerprint density at radius 1 is 0.820 bits per heavy atom. The summed E-state index contributed by atoms with van der Waals surface area (Å²) >= 11 is 0. The Morgan fingerprint density at radius 3 is 2.08 bits per heavy atom. The molecule has 7 rings (SSSR count). The summed E-state index contributed by atoms with van der Waals surface area (Å²) in [6.07, 6.45) is -15.0. The topological polar surface area (TPSA) is 310 Å². The van der Waals surface area contributed by atoms with Gasteiger partial charge in [0.25, 0.3) is 5.91 Å². The number of carbonyl (C=O) groups excluding carboxylic acids is 4. The molecule has 2 saturated heterocycles. The molecular weight excluding hydrogens is 808 g/mol. The molecule has 2 heterocycles. The van der Waals surface area contributed by atoms with Crippen LogP contribution in [0.2, 0.25) is 0 Å². The molecule has 328 valence electrons. The van der Waals surface area contributed by atoms with Gasteiger partial charge in [-0.25, -0.2) is 4.79 Å². The molecule has 0 radical (unpaired) electrons. The average molecular weight is 855 g/mol. The monoisotopic (exact) mass is 854 g/mol. The number of fused-ring (bicyclic) bond motifs is 5. The predicted octanol–water partition coefficient (Wildman–Crippen LogP) is -0.523. The maximum absolute atomic E-state index is 14.1. The van der Waals surface area contributed by atoms with Crippen molar-refractivity contribution in [1.29, 1.82) is 0 Å². The van der Waals surface area contributed by atoms with Crippen LogP contribution in [0.4, 0.5) is 0 Å². The molecule has 0 bridgehead atoms. The van der Waals surface area contributed by atoms with Gasteiger partial charge in [-0.3, -0.25) is 14.4 Å². The number of aryl methyl sites for hydroxylation is 1. The van der Waals surface area contributed by atoms with Crippen molar-refractivity contribution in [3.8, 4) is 34.1 Å². The molecule has 0 aromatic heterocycles. The highest BCUT2D eigenvalue weighted by Crippen LogP contribution is 2.57. The van der Waals surface area contributed by atoms with E-state index in [9.17, 15) is 60.0 Å². The fraction of sp³-hybridized carbons (Fsp3) is 0.463. The third kappa shape index (κ3) is 7.07. The van der Waals surface area contributed by atoms with Gasteiger partial charge in [0.2, 0.25) is 0 Å². The lowest BCUT2D eigenvalue weighted by atomic mass is 9.74. The highest BCUT2D eigenvalue weighted by Gasteiger charge is 2.52. The summed E-state index contributed by atoms with van der Waals surface area (Å²) < 4.78 is 33.8. The van der Waals surface area contributed by atoms with E-state index >= 15 is 0 Å². The summed E-state index contributed by atoms with van der Waals surface area (Å²) in [5.41, 5.74) is -3.08. The molecule has 4 aliphatic rings. The van der Waals surface area contributed by atoms with E-state index in [4.69, 9.17) is 28.4 Å². The van der Waals surface area contributed by atoms with Crippen LogP contribution in [0.5, 0.6) is 23.0 Å². The fourth-order valence-electron chi connectivity index (χ4n) is 8.55. The number of amides is 1. The van der Waals surface area contributed by atoms with E-state index in [0.29, 0.717) is 0 Å². The predicted molar refractivity (Wildman–Crippen MR) is 205 cm³/mol. The maximum Gasteiger partial charge on any atom is 0.328 e. The second-order valence-electron chi connectivity index (χ2n) is 15.3. The molecule has 10 N–H and O–H groups in total. The molecule has 0 saturated carbocycles. The minimum Gasteiger partial charge on any atom is -0.507 e. The minimum atomic E-state index is -1.88. The number of ether oxygens (including phenoxy) is 6. The van der Waals surface area contributed by atoms with Crippen LogP contribution >= 0.6 is 0 Å². The molecule has 1 amide bonds. The number of likely N-dealkylation sites (N-methyl/N-ethyl adjacent to an activating group) is 1. The van der Waals surface area contributed by atoms with Crippen LogP contribution in [0.15, 0.2) is 24.3 Å². The standard InChI is InChI=1S/C41H46N2O18/c1-12-7-19-25(32(50)22(12)38(54)43-13(2)39(55)57-6)24-17(10-18-26(33(24)51)29(47)16-8-15(56-5)9-20(45)23(16)28(18)46)30(48)36(19)60-41-35(53)37(27(42-4)14(3)58-41)61-40-34(52)31(49)21(11-44)59-40/h7-10,13-14,21,27,30-31,34-37,40-42,44-45,48-53H,11H2,1-6H3,(H,43,54). The van der Waals surface area contributed by atoms with Crippen LogP contribution in [0.25, 0.3) is 11.1 Å². The lowest BCUT2D eigenvalue weighted by Gasteiger charge is -2.46. The number of methoxy groups -OCH3 is 2. The molecule has 61 heavy (non-hydrogen) atoms. The number of aliphatic hydroxyl groups is 5. The van der Waals surface area contributed by atoms with Crippen molar-refractivity contribution in [1.82, 2.24) is 10.6 Å². The zero-order valence-corrected chi connectivity index (χ0v) is 33.6. The number of nitrogens with one attached hydrogen (secondary N) is 2. The van der Waals surface area contributed by atoms with Crippen molar-refractivity contribution in [2.75, 3.05) is 27.9 Å². The molecule has 20 nitrogen and oxygen atoms in total. The normalized spacial score (nSPS) is 29.5. The number of hydrogen-bond acceptors (Lipinski definition) is 19. The van der Waals surface area contributed by atoms with E-state index in [1.165, 1.54) is 33.1 Å². The summed E-state index contributed by atoms with van der Waals surface area (Å²) in [6, 6.07) is 2.77. The van der Waals surface area contributed by atoms with E-state index in [2.05, 4.69) is 10.6 Å². The Morgan fingerprint density at radius 2 is 1.46 bits per heavy atom. The summed E-state index contributed by atoms with van der Waals surface area (Å²) in [7, 11) is 3.93. The van der Waals surface area contributed by atoms with Crippen molar-refractivity contribution in [2.45, 2.75) is 94.3 Å². The quantitative estimate of drug-likeness (QED) is 0.0897. The number of hydrogen-bond donors (Lipinski definition) is 10. The smallest absolute Gasteiger partial charge is 0.328 e. The summed E-state index contributed by atoms with van der Waals surface area (Å²) in [5, 5.41) is 95.0. The van der Waals surface area contributed by atoms with Gasteiger partial charge in [-0.2, -0.15) is 0 Å². The van der Waals surface area contributed by atoms with Crippen molar-refractivity contribution < 1.29 is 88.5 Å². The number of aromatic hydroxyl groups is 3. The second kappa shape index (κ2) is 16.5. The third-order valence-electron chi connectivity index (χ3n) is 11.6. The Kier molecular flexibility index (Phi) is 11.9. The molecule has 3 aromatic rings. The number of benzene rings is 3. The first-order valence-electron chi connectivity index (χ1n) is 19.2. The molecule has 2 aliphatic carbocycles. The zero-order chi connectivity index (χ0) is 44.5. The van der Waals surface area contributed by atoms with E-state index in [1.807, 2.05) is 0 Å². The van der Waals surface area contributed by atoms with Gasteiger partial charge in [0.1, 0.15) is 71.8 Å². The van der Waals surface area contributed by atoms with E-state index in [0.717, 1.165) is 19.2 Å². The fourth-order valence-corrected chi connectivity index (χ4v) is 8.55. The SMILES string of the molecule is CNC1C(C)OC(OC2c3cc(C)c(C(=O)NC(C)C(=O)OC)c(O)c3-c3c(cc4c(c3O)C(=O)c3cc(OC)cc(O)c3C4=O)C2O)C(O)C1OC1OC(CO)C(O)C1O. The number of phenolic OH excluding ortho intramolecular Hbond substituents is 3. The minimum absolute atomic E-state index is 0.0259. The lowest BCUT2D eigenvalue weighted by molar-refractivity contribution is -0.320. The van der Waals surface area contributed by atoms with Crippen LogP contribution in [-0.2, 0) is 28.5 Å². The maximum atomic E-state index is 14.1. The van der Waals surface area contributed by atoms with Gasteiger partial charge in [0.15, 0.2) is 24.1 Å². The van der Waals surface area contributed by atoms with E-state index in [1.54, 1.807) is 14.0 Å². The van der Waals surface area contributed by atoms with Gasteiger partial charge in [-0.15, -0.1) is 0 Å². The Balaban J connectivity index is 1.37. The molecule has 12 atom stereocenters. The number of esters is 1. The van der Waals surface area contributed by atoms with Crippen molar-refractivity contribution in [2.24, 2.45) is 0 Å². The van der Waals surface area contributed by atoms with E-state index < -0.39 is 137 Å². The first-order valence-corrected chi connectivity index (χ1v) is 19.2. The van der Waals surface area contributed by atoms with Gasteiger partial charge in [-0.1, -0.05) is 6.07 Å². The number of ketones is 2. The Labute approximate surface area is 347 Å². The molecule has 20 heteroatoms. The Hall–Kier alpha value is -5.26. The van der Waals surface area contributed by atoms with Crippen LogP contribution < -0.4 is 15.4 Å². The zero-order valence-electron chi connectivity index (χ0n) is 33.6. The van der Waals surface area contributed by atoms with Crippen LogP contribution in [0.3, 0.4) is 0 Å². The van der Waals surface area contributed by atoms with Gasteiger partial charge in [0.05, 0.1) is 49.7 Å². The molecule has 2 fully saturated rings. The first kappa shape index (κ1) is 43.8. The van der Waals surface area contributed by atoms with Gasteiger partial charge < -0.3 is 79.9 Å². The number of rotatable bonds is 10. The summed E-state index contributed by atoms with van der Waals surface area (Å²) in [5.74, 6) is -5.83. The highest BCUT2D eigenvalue weighted by atomic mass is 16.7. The Bertz CT molecular complexity index is 2300. The lowest BCUT2D eigenvalue weighted by Crippen LogP contribution is -2.63. The van der Waals surface area contributed by atoms with Gasteiger partial charge in [-0.05, 0) is 56.6 Å². The van der Waals surface area contributed by atoms with Crippen molar-refractivity contribution >= 4 is 23.4 Å². The number of carbonyl (C=O) groups is 4. The van der Waals surface area contributed by atoms with Crippen LogP contribution in [-0.4, -0.2) is 153 Å². The van der Waals surface area contributed by atoms with Crippen molar-refractivity contribution in [3.05, 3.63) is 68.8 Å². The van der Waals surface area contributed by atoms with Crippen LogP contribution in [0, 0.1) is 6.92 Å². The molecule has 3 aromatic carbocycles. The first-order chi connectivity index (χ1) is 28.9. The molecule has 12 unspecified atom stereocenters. The molecule has 2 aliphatic heterocycles. The highest BCUT2D eigenvalue weighted by molar-refractivity contribution is 6.31. The number of aliphatic hydroxyl groups excluding tert-OH is 5. The number of phenols is 3.